The zero-order valence-corrected chi connectivity index (χ0v) is 63.1. The highest BCUT2D eigenvalue weighted by Gasteiger charge is 2.39. The zero-order chi connectivity index (χ0) is 80.9. The lowest BCUT2D eigenvalue weighted by atomic mass is 9.96. The zero-order valence-electron chi connectivity index (χ0n) is 63.1. The number of aromatic nitrogens is 1. The number of aliphatic hydroxyl groups is 1. The van der Waals surface area contributed by atoms with Gasteiger partial charge in [-0.3, -0.25) is 67.1 Å². The summed E-state index contributed by atoms with van der Waals surface area (Å²) in [7, 11) is 0. The highest BCUT2D eigenvalue weighted by atomic mass is 16.4. The number of nitrogens with two attached hydrogens (primary N) is 3. The van der Waals surface area contributed by atoms with Gasteiger partial charge in [0.15, 0.2) is 0 Å². The number of hydrogen-bond acceptors (Lipinski definition) is 19. The number of carbonyl (C=O) groups is 15. The van der Waals surface area contributed by atoms with Crippen molar-refractivity contribution >= 4 is 99.7 Å². The van der Waals surface area contributed by atoms with E-state index in [1.165, 1.54) is 6.92 Å². The number of aliphatic hydroxyl groups excluding tert-OH is 1. The lowest BCUT2D eigenvalue weighted by molar-refractivity contribution is -0.142. The summed E-state index contributed by atoms with van der Waals surface area (Å²) >= 11 is 0. The third-order valence-corrected chi connectivity index (χ3v) is 18.6. The fraction of sp³-hybridized carbons (Fsp3) is 0.603. The van der Waals surface area contributed by atoms with Gasteiger partial charge in [-0.2, -0.15) is 0 Å². The second-order valence-corrected chi connectivity index (χ2v) is 27.6. The molecule has 0 bridgehead atoms. The summed E-state index contributed by atoms with van der Waals surface area (Å²) in [6.07, 6.45) is 0.882. The Balaban J connectivity index is 1.86. The Morgan fingerprint density at radius 3 is 1.31 bits per heavy atom. The van der Waals surface area contributed by atoms with Gasteiger partial charge in [-0.05, 0) is 112 Å². The summed E-state index contributed by atoms with van der Waals surface area (Å²) < 4.78 is 0. The summed E-state index contributed by atoms with van der Waals surface area (Å²) in [4.78, 5) is 208. The largest absolute Gasteiger partial charge is 0.481 e. The molecule has 108 heavy (non-hydrogen) atoms. The van der Waals surface area contributed by atoms with Crippen molar-refractivity contribution in [3.63, 3.8) is 0 Å². The number of benzene rings is 2. The van der Waals surface area contributed by atoms with Gasteiger partial charge >= 0.3 is 17.9 Å². The lowest BCUT2D eigenvalue weighted by Gasteiger charge is -2.30. The first-order chi connectivity index (χ1) is 51.2. The van der Waals surface area contributed by atoms with Gasteiger partial charge in [0, 0.05) is 36.4 Å². The van der Waals surface area contributed by atoms with E-state index < -0.39 is 211 Å². The molecule has 3 rings (SSSR count). The molecule has 0 spiro atoms. The van der Waals surface area contributed by atoms with Crippen LogP contribution in [0.4, 0.5) is 0 Å². The topological polar surface area (TPSA) is 575 Å². The van der Waals surface area contributed by atoms with E-state index in [-0.39, 0.29) is 70.4 Å². The van der Waals surface area contributed by atoms with Crippen molar-refractivity contribution in [2.24, 2.45) is 40.9 Å². The Bertz CT molecular complexity index is 3500. The first-order valence-corrected chi connectivity index (χ1v) is 36.8. The number of para-hydroxylation sites is 1. The molecule has 0 aliphatic heterocycles. The minimum atomic E-state index is -1.86. The molecule has 0 fully saturated rings. The third-order valence-electron chi connectivity index (χ3n) is 18.6. The van der Waals surface area contributed by atoms with Crippen LogP contribution in [0.15, 0.2) is 60.8 Å². The predicted molar refractivity (Wildman–Crippen MR) is 398 cm³/mol. The number of hydrogen-bond donors (Lipinski definition) is 20. The molecule has 35 heteroatoms. The van der Waals surface area contributed by atoms with Crippen LogP contribution in [0.5, 0.6) is 0 Å². The highest BCUT2D eigenvalue weighted by Crippen LogP contribution is 2.21. The average Bonchev–Trinajstić information content (AvgIpc) is 1.67. The number of nitrogens with one attached hydrogen (secondary N) is 13. The number of aromatic amines is 1. The maximum absolute atomic E-state index is 14.4. The standard InChI is InChI=1S/C73H114N16O19/c1-10-40(6)59(87-56(91)36-76)70(104)84-52(33-44-22-14-13-15-23-44)67(101)83-53(35-58(94)95)68(102)80-49(27-19-21-31-75)64(98)82-51(32-39(4)5)66(100)78-43(9)62(96)79-48(26-18-20-30-74)63(97)81-50(28-29-57(92)93)65(99)88-61(42(8)12-3)72(106)86-55(38-90)69(103)89-60(41(7)11-2)71(105)85-54(73(107)108)34-45-37-77-47-25-17-16-24-46(45)47/h13-17,22-25,37,39-43,48-55,59-61,77,90H,10-12,18-21,26-36,38,74-76H2,1-9H3,(H,78,100)(H,79,96)(H,80,102)(H,81,97)(H,82,98)(H,83,101)(H,84,104)(H,85,105)(H,86,106)(H,87,91)(H,88,99)(H,89,103)(H,92,93)(H,94,95)(H,107,108)/t40-,41-,42-,43-,48-,49-,50-,51-,52-,53-,54-,55-,59-,60-,61-/m0/s1. The van der Waals surface area contributed by atoms with Crippen molar-refractivity contribution in [3.05, 3.63) is 71.9 Å². The fourth-order valence-electron chi connectivity index (χ4n) is 11.5. The number of fused-ring (bicyclic) bond motifs is 1. The van der Waals surface area contributed by atoms with E-state index in [0.29, 0.717) is 36.8 Å². The lowest BCUT2D eigenvalue weighted by Crippen LogP contribution is -2.62. The Kier molecular flexibility index (Phi) is 40.5. The Morgan fingerprint density at radius 2 is 0.833 bits per heavy atom. The van der Waals surface area contributed by atoms with Crippen molar-refractivity contribution < 1.29 is 92.3 Å². The summed E-state index contributed by atoms with van der Waals surface area (Å²) in [5.74, 6) is -17.7. The monoisotopic (exact) mass is 1520 g/mol. The molecule has 0 aliphatic rings. The van der Waals surface area contributed by atoms with Gasteiger partial charge in [0.25, 0.3) is 0 Å². The summed E-state index contributed by atoms with van der Waals surface area (Å²) in [5, 5.41) is 71.5. The molecule has 0 unspecified atom stereocenters. The number of unbranched alkanes of at least 4 members (excludes halogenated alkanes) is 2. The normalized spacial score (nSPS) is 15.4. The second-order valence-electron chi connectivity index (χ2n) is 27.6. The van der Waals surface area contributed by atoms with Crippen LogP contribution < -0.4 is 81.0 Å². The van der Waals surface area contributed by atoms with Gasteiger partial charge in [0.1, 0.15) is 72.5 Å². The van der Waals surface area contributed by atoms with E-state index in [1.807, 2.05) is 0 Å². The van der Waals surface area contributed by atoms with E-state index in [9.17, 15) is 92.3 Å². The van der Waals surface area contributed by atoms with Gasteiger partial charge in [-0.15, -0.1) is 0 Å². The molecule has 12 amide bonds. The molecule has 0 saturated heterocycles. The van der Waals surface area contributed by atoms with Gasteiger partial charge in [-0.25, -0.2) is 4.79 Å². The Hall–Kier alpha value is -10.1. The number of H-pyrrole nitrogens is 1. The van der Waals surface area contributed by atoms with Gasteiger partial charge in [-0.1, -0.05) is 123 Å². The van der Waals surface area contributed by atoms with E-state index in [2.05, 4.69) is 68.8 Å². The molecule has 1 heterocycles. The van der Waals surface area contributed by atoms with E-state index in [4.69, 9.17) is 17.2 Å². The molecule has 23 N–H and O–H groups in total. The molecular formula is C73H114N16O19. The highest BCUT2D eigenvalue weighted by molar-refractivity contribution is 6.00. The number of carboxylic acid groups (broad SMARTS) is 3. The summed E-state index contributed by atoms with van der Waals surface area (Å²) in [6, 6.07) is -2.52. The summed E-state index contributed by atoms with van der Waals surface area (Å²) in [5.41, 5.74) is 19.0. The minimum absolute atomic E-state index is 0.0540. The quantitative estimate of drug-likeness (QED) is 0.0289. The van der Waals surface area contributed by atoms with Gasteiger partial charge in [0.2, 0.25) is 70.9 Å². The summed E-state index contributed by atoms with van der Waals surface area (Å²) in [6.45, 7) is 13.6. The molecule has 0 aliphatic carbocycles. The molecule has 15 atom stereocenters. The van der Waals surface area contributed by atoms with Crippen LogP contribution in [0.1, 0.15) is 157 Å². The number of aliphatic carboxylic acids is 3. The van der Waals surface area contributed by atoms with Crippen LogP contribution in [-0.2, 0) is 84.8 Å². The Morgan fingerprint density at radius 1 is 0.417 bits per heavy atom. The van der Waals surface area contributed by atoms with Crippen LogP contribution in [0.2, 0.25) is 0 Å². The molecule has 35 nitrogen and oxygen atoms in total. The van der Waals surface area contributed by atoms with Crippen molar-refractivity contribution in [1.29, 1.82) is 0 Å². The number of amides is 12. The second kappa shape index (κ2) is 47.5. The predicted octanol–water partition coefficient (Wildman–Crippen LogP) is -1.39. The molecule has 1 aromatic heterocycles. The number of carbonyl (C=O) groups excluding carboxylic acids is 12. The average molecular weight is 1520 g/mol. The number of carboxylic acids is 3. The molecule has 0 radical (unpaired) electrons. The van der Waals surface area contributed by atoms with Crippen molar-refractivity contribution in [1.82, 2.24) is 68.8 Å². The first kappa shape index (κ1) is 92.1. The smallest absolute Gasteiger partial charge is 0.326 e. The number of rotatable bonds is 51. The fourth-order valence-corrected chi connectivity index (χ4v) is 11.5. The van der Waals surface area contributed by atoms with Crippen molar-refractivity contribution in [2.45, 2.75) is 231 Å². The van der Waals surface area contributed by atoms with Crippen molar-refractivity contribution in [3.8, 4) is 0 Å². The minimum Gasteiger partial charge on any atom is -0.481 e. The first-order valence-electron chi connectivity index (χ1n) is 36.8. The molecule has 0 saturated carbocycles. The van der Waals surface area contributed by atoms with Crippen LogP contribution in [0.25, 0.3) is 10.9 Å². The van der Waals surface area contributed by atoms with E-state index >= 15 is 0 Å². The van der Waals surface area contributed by atoms with Crippen molar-refractivity contribution in [2.75, 3.05) is 26.2 Å². The van der Waals surface area contributed by atoms with Crippen LogP contribution in [0.3, 0.4) is 0 Å². The van der Waals surface area contributed by atoms with Crippen LogP contribution in [0, 0.1) is 23.7 Å². The molecule has 2 aromatic carbocycles. The van der Waals surface area contributed by atoms with Crippen LogP contribution >= 0.6 is 0 Å². The third kappa shape index (κ3) is 31.0. The molecule has 3 aromatic rings. The van der Waals surface area contributed by atoms with Gasteiger partial charge < -0.3 is 106 Å². The molecular weight excluding hydrogens is 1400 g/mol. The van der Waals surface area contributed by atoms with E-state index in [0.717, 1.165) is 10.9 Å². The maximum atomic E-state index is 14.4. The SMILES string of the molecule is CC[C@H](C)[C@H](NC(=O)CN)C(=O)N[C@@H](Cc1ccccc1)C(=O)N[C@@H](CC(=O)O)C(=O)N[C@@H](CCCCN)C(=O)N[C@@H](CC(C)C)C(=O)N[C@@H](C)C(=O)N[C@@H](CCCCN)C(=O)N[C@@H](CCC(=O)O)C(=O)N[C@H](C(=O)N[C@@H](CO)C(=O)N[C@H](C(=O)N[C@@H](Cc1c[nH]c2ccccc12)C(=O)O)[C@@H](C)CC)[C@@H](C)CC. The van der Waals surface area contributed by atoms with Crippen LogP contribution in [-0.4, -0.2) is 213 Å². The molecule has 600 valence electrons. The maximum Gasteiger partial charge on any atom is 0.326 e. The van der Waals surface area contributed by atoms with Gasteiger partial charge in [0.05, 0.1) is 19.6 Å². The Labute approximate surface area is 628 Å². The van der Waals surface area contributed by atoms with E-state index in [1.54, 1.807) is 116 Å².